The maximum atomic E-state index is 11.9. The van der Waals surface area contributed by atoms with Crippen LogP contribution in [-0.2, 0) is 9.84 Å². The molecular weight excluding hydrogens is 280 g/mol. The molecule has 8 heteroatoms. The van der Waals surface area contributed by atoms with Gasteiger partial charge in [0.25, 0.3) is 5.56 Å². The van der Waals surface area contributed by atoms with Crippen LogP contribution in [0.25, 0.3) is 16.7 Å². The van der Waals surface area contributed by atoms with Crippen LogP contribution < -0.4 is 5.56 Å². The van der Waals surface area contributed by atoms with Crippen LogP contribution in [0.4, 0.5) is 0 Å². The molecule has 2 heterocycles. The van der Waals surface area contributed by atoms with Crippen LogP contribution in [0.1, 0.15) is 0 Å². The van der Waals surface area contributed by atoms with Crippen molar-refractivity contribution in [1.29, 1.82) is 0 Å². The first kappa shape index (κ1) is 12.5. The lowest BCUT2D eigenvalue weighted by Gasteiger charge is -2.00. The molecule has 102 valence electrons. The van der Waals surface area contributed by atoms with Gasteiger partial charge in [0.1, 0.15) is 5.39 Å². The van der Waals surface area contributed by atoms with E-state index < -0.39 is 15.4 Å². The molecule has 0 aliphatic heterocycles. The second-order valence-electron chi connectivity index (χ2n) is 4.25. The van der Waals surface area contributed by atoms with Crippen LogP contribution in [-0.4, -0.2) is 34.4 Å². The lowest BCUT2D eigenvalue weighted by Crippen LogP contribution is -2.09. The SMILES string of the molecule is CS(=O)(=O)c1nn(-c2ccccc2)c2nc[nH]c(=O)c12. The Morgan fingerprint density at radius 2 is 1.90 bits per heavy atom. The third kappa shape index (κ3) is 1.90. The van der Waals surface area contributed by atoms with Crippen molar-refractivity contribution in [2.75, 3.05) is 6.26 Å². The maximum Gasteiger partial charge on any atom is 0.263 e. The molecule has 0 bridgehead atoms. The predicted octanol–water partition coefficient (Wildman–Crippen LogP) is 0.512. The molecule has 3 aromatic rings. The average Bonchev–Trinajstić information content (AvgIpc) is 2.81. The molecule has 0 aliphatic carbocycles. The molecule has 0 aliphatic rings. The van der Waals surface area contributed by atoms with Crippen LogP contribution in [0, 0.1) is 0 Å². The van der Waals surface area contributed by atoms with Crippen LogP contribution in [0.15, 0.2) is 46.5 Å². The van der Waals surface area contributed by atoms with E-state index >= 15 is 0 Å². The number of aromatic nitrogens is 4. The quantitative estimate of drug-likeness (QED) is 0.741. The second-order valence-corrected chi connectivity index (χ2v) is 6.19. The zero-order valence-electron chi connectivity index (χ0n) is 10.4. The first-order chi connectivity index (χ1) is 9.48. The van der Waals surface area contributed by atoms with Crippen molar-refractivity contribution in [3.8, 4) is 5.69 Å². The van der Waals surface area contributed by atoms with Gasteiger partial charge in [0.2, 0.25) is 0 Å². The Balaban J connectivity index is 2.48. The summed E-state index contributed by atoms with van der Waals surface area (Å²) in [4.78, 5) is 18.3. The molecule has 7 nitrogen and oxygen atoms in total. The number of H-pyrrole nitrogens is 1. The molecule has 0 spiro atoms. The minimum Gasteiger partial charge on any atom is -0.312 e. The zero-order valence-corrected chi connectivity index (χ0v) is 11.3. The molecule has 1 aromatic carbocycles. The van der Waals surface area contributed by atoms with Gasteiger partial charge in [-0.25, -0.2) is 18.1 Å². The number of hydrogen-bond acceptors (Lipinski definition) is 5. The van der Waals surface area contributed by atoms with Crippen molar-refractivity contribution in [3.05, 3.63) is 47.0 Å². The topological polar surface area (TPSA) is 97.7 Å². The van der Waals surface area contributed by atoms with Crippen LogP contribution in [0.3, 0.4) is 0 Å². The van der Waals surface area contributed by atoms with Gasteiger partial charge in [0.15, 0.2) is 20.5 Å². The van der Waals surface area contributed by atoms with Gasteiger partial charge in [-0.1, -0.05) is 18.2 Å². The Labute approximate surface area is 113 Å². The summed E-state index contributed by atoms with van der Waals surface area (Å²) in [5.74, 6) is 0. The minimum absolute atomic E-state index is 0.0288. The number of sulfone groups is 1. The van der Waals surface area contributed by atoms with Gasteiger partial charge in [-0.3, -0.25) is 4.79 Å². The third-order valence-corrected chi connectivity index (χ3v) is 3.78. The number of nitrogens with zero attached hydrogens (tertiary/aromatic N) is 3. The largest absolute Gasteiger partial charge is 0.312 e. The van der Waals surface area contributed by atoms with E-state index in [2.05, 4.69) is 15.1 Å². The molecule has 0 radical (unpaired) electrons. The van der Waals surface area contributed by atoms with E-state index in [0.717, 1.165) is 6.26 Å². The summed E-state index contributed by atoms with van der Waals surface area (Å²) in [5.41, 5.74) is 0.309. The molecular formula is C12H10N4O3S. The van der Waals surface area contributed by atoms with Crippen molar-refractivity contribution in [1.82, 2.24) is 19.7 Å². The van der Waals surface area contributed by atoms with E-state index in [0.29, 0.717) is 5.69 Å². The fourth-order valence-corrected chi connectivity index (χ4v) is 2.73. The number of benzene rings is 1. The Kier molecular flexibility index (Phi) is 2.68. The van der Waals surface area contributed by atoms with E-state index in [4.69, 9.17) is 0 Å². The molecule has 1 N–H and O–H groups in total. The molecule has 0 fully saturated rings. The number of rotatable bonds is 2. The smallest absolute Gasteiger partial charge is 0.263 e. The number of hydrogen-bond donors (Lipinski definition) is 1. The van der Waals surface area contributed by atoms with Gasteiger partial charge in [-0.05, 0) is 12.1 Å². The fraction of sp³-hybridized carbons (Fsp3) is 0.0833. The molecule has 0 atom stereocenters. The highest BCUT2D eigenvalue weighted by Gasteiger charge is 2.23. The van der Waals surface area contributed by atoms with Crippen LogP contribution in [0.2, 0.25) is 0 Å². The van der Waals surface area contributed by atoms with Crippen molar-refractivity contribution in [2.24, 2.45) is 0 Å². The standard InChI is InChI=1S/C12H10N4O3S/c1-20(18,19)12-9-10(13-7-14-11(9)17)16(15-12)8-5-3-2-4-6-8/h2-7H,1H3,(H,13,14,17). The highest BCUT2D eigenvalue weighted by Crippen LogP contribution is 2.20. The number of para-hydroxylation sites is 1. The summed E-state index contributed by atoms with van der Waals surface area (Å²) >= 11 is 0. The van der Waals surface area contributed by atoms with Crippen LogP contribution >= 0.6 is 0 Å². The van der Waals surface area contributed by atoms with Gasteiger partial charge >= 0.3 is 0 Å². The van der Waals surface area contributed by atoms with Gasteiger partial charge in [0.05, 0.1) is 12.0 Å². The molecule has 0 unspecified atom stereocenters. The number of nitrogens with one attached hydrogen (secondary N) is 1. The Morgan fingerprint density at radius 3 is 2.55 bits per heavy atom. The lowest BCUT2D eigenvalue weighted by molar-refractivity contribution is 0.597. The summed E-state index contributed by atoms with van der Waals surface area (Å²) in [6.45, 7) is 0. The first-order valence-electron chi connectivity index (χ1n) is 5.70. The Hall–Kier alpha value is -2.48. The highest BCUT2D eigenvalue weighted by atomic mass is 32.2. The van der Waals surface area contributed by atoms with E-state index in [1.54, 1.807) is 24.3 Å². The molecule has 0 saturated heterocycles. The average molecular weight is 290 g/mol. The molecule has 20 heavy (non-hydrogen) atoms. The molecule has 3 rings (SSSR count). The maximum absolute atomic E-state index is 11.9. The lowest BCUT2D eigenvalue weighted by atomic mass is 10.3. The Bertz CT molecular complexity index is 942. The van der Waals surface area contributed by atoms with Gasteiger partial charge in [0, 0.05) is 6.26 Å². The van der Waals surface area contributed by atoms with E-state index in [1.807, 2.05) is 6.07 Å². The minimum atomic E-state index is -3.63. The molecule has 0 saturated carbocycles. The predicted molar refractivity (Wildman–Crippen MR) is 72.6 cm³/mol. The van der Waals surface area contributed by atoms with E-state index in [9.17, 15) is 13.2 Å². The first-order valence-corrected chi connectivity index (χ1v) is 7.59. The van der Waals surface area contributed by atoms with Crippen LogP contribution in [0.5, 0.6) is 0 Å². The van der Waals surface area contributed by atoms with E-state index in [1.165, 1.54) is 11.0 Å². The monoisotopic (exact) mass is 290 g/mol. The fourth-order valence-electron chi connectivity index (χ4n) is 1.94. The second kappa shape index (κ2) is 4.27. The summed E-state index contributed by atoms with van der Waals surface area (Å²) in [6.07, 6.45) is 2.23. The number of aromatic amines is 1. The summed E-state index contributed by atoms with van der Waals surface area (Å²) in [7, 11) is -3.63. The van der Waals surface area contributed by atoms with Crippen molar-refractivity contribution >= 4 is 20.9 Å². The Morgan fingerprint density at radius 1 is 1.20 bits per heavy atom. The van der Waals surface area contributed by atoms with Gasteiger partial charge in [-0.2, -0.15) is 5.10 Å². The summed E-state index contributed by atoms with van der Waals surface area (Å²) < 4.78 is 24.9. The molecule has 0 amide bonds. The van der Waals surface area contributed by atoms with E-state index in [-0.39, 0.29) is 16.1 Å². The third-order valence-electron chi connectivity index (χ3n) is 2.79. The van der Waals surface area contributed by atoms with Crippen molar-refractivity contribution < 1.29 is 8.42 Å². The highest BCUT2D eigenvalue weighted by molar-refractivity contribution is 7.90. The number of fused-ring (bicyclic) bond motifs is 1. The summed E-state index contributed by atoms with van der Waals surface area (Å²) in [6, 6.07) is 8.90. The zero-order chi connectivity index (χ0) is 14.3. The van der Waals surface area contributed by atoms with Gasteiger partial charge < -0.3 is 4.98 Å². The van der Waals surface area contributed by atoms with Gasteiger partial charge in [-0.15, -0.1) is 0 Å². The molecule has 2 aromatic heterocycles. The normalized spacial score (nSPS) is 11.8. The van der Waals surface area contributed by atoms with Crippen molar-refractivity contribution in [2.45, 2.75) is 5.03 Å². The summed E-state index contributed by atoms with van der Waals surface area (Å²) in [5, 5.41) is 3.74. The van der Waals surface area contributed by atoms with Crippen molar-refractivity contribution in [3.63, 3.8) is 0 Å².